The molecule has 1 aromatic carbocycles. The molecule has 0 amide bonds. The highest BCUT2D eigenvalue weighted by molar-refractivity contribution is 5.17. The molecule has 2 aromatic rings. The van der Waals surface area contributed by atoms with E-state index in [4.69, 9.17) is 4.74 Å². The molecule has 1 aromatic heterocycles. The van der Waals surface area contributed by atoms with Crippen LogP contribution in [0.15, 0.2) is 48.5 Å². The summed E-state index contributed by atoms with van der Waals surface area (Å²) in [7, 11) is 1.91. The first-order chi connectivity index (χ1) is 8.88. The number of hydrogen-bond acceptors (Lipinski definition) is 3. The van der Waals surface area contributed by atoms with E-state index in [1.165, 1.54) is 5.56 Å². The van der Waals surface area contributed by atoms with Gasteiger partial charge in [-0.3, -0.25) is 0 Å². The van der Waals surface area contributed by atoms with E-state index in [-0.39, 0.29) is 0 Å². The van der Waals surface area contributed by atoms with Crippen molar-refractivity contribution in [1.29, 1.82) is 0 Å². The molecule has 0 aliphatic rings. The zero-order valence-corrected chi connectivity index (χ0v) is 10.6. The van der Waals surface area contributed by atoms with Crippen LogP contribution in [0.4, 0.5) is 0 Å². The van der Waals surface area contributed by atoms with Crippen molar-refractivity contribution in [2.75, 3.05) is 13.7 Å². The molecular formula is C15H18N2O. The van der Waals surface area contributed by atoms with Gasteiger partial charge >= 0.3 is 0 Å². The Balaban J connectivity index is 1.84. The van der Waals surface area contributed by atoms with Gasteiger partial charge in [-0.05, 0) is 18.7 Å². The Morgan fingerprint density at radius 3 is 2.67 bits per heavy atom. The third-order valence-electron chi connectivity index (χ3n) is 2.62. The van der Waals surface area contributed by atoms with Crippen LogP contribution in [0.5, 0.6) is 5.88 Å². The van der Waals surface area contributed by atoms with Crippen LogP contribution in [0.3, 0.4) is 0 Å². The Labute approximate surface area is 108 Å². The Kier molecular flexibility index (Phi) is 4.73. The van der Waals surface area contributed by atoms with Gasteiger partial charge in [0.25, 0.3) is 0 Å². The molecule has 1 N–H and O–H groups in total. The van der Waals surface area contributed by atoms with Crippen LogP contribution < -0.4 is 10.1 Å². The summed E-state index contributed by atoms with van der Waals surface area (Å²) in [6.45, 7) is 1.41. The molecule has 0 aliphatic carbocycles. The van der Waals surface area contributed by atoms with Gasteiger partial charge in [0, 0.05) is 19.0 Å². The number of nitrogens with one attached hydrogen (secondary N) is 1. The number of benzene rings is 1. The van der Waals surface area contributed by atoms with Crippen LogP contribution in [0, 0.1) is 0 Å². The first-order valence-electron chi connectivity index (χ1n) is 6.16. The van der Waals surface area contributed by atoms with Gasteiger partial charge in [0.15, 0.2) is 0 Å². The number of rotatable bonds is 6. The smallest absolute Gasteiger partial charge is 0.213 e. The maximum atomic E-state index is 5.66. The van der Waals surface area contributed by atoms with Crippen molar-refractivity contribution < 1.29 is 4.74 Å². The van der Waals surface area contributed by atoms with Crippen molar-refractivity contribution in [2.24, 2.45) is 0 Å². The lowest BCUT2D eigenvalue weighted by molar-refractivity contribution is 0.308. The number of nitrogens with zero attached hydrogens (tertiary/aromatic N) is 1. The van der Waals surface area contributed by atoms with Crippen molar-refractivity contribution in [3.05, 3.63) is 59.8 Å². The van der Waals surface area contributed by atoms with Crippen molar-refractivity contribution in [1.82, 2.24) is 10.3 Å². The second-order valence-electron chi connectivity index (χ2n) is 4.08. The average molecular weight is 242 g/mol. The lowest BCUT2D eigenvalue weighted by Crippen LogP contribution is -2.08. The van der Waals surface area contributed by atoms with E-state index >= 15 is 0 Å². The molecule has 3 heteroatoms. The normalized spacial score (nSPS) is 10.3. The quantitative estimate of drug-likeness (QED) is 0.844. The standard InChI is InChI=1S/C15H18N2O/c1-16-12-14-8-5-9-15(17-14)18-11-10-13-6-3-2-4-7-13/h2-9,16H,10-12H2,1H3. The van der Waals surface area contributed by atoms with Gasteiger partial charge in [-0.2, -0.15) is 0 Å². The van der Waals surface area contributed by atoms with Crippen molar-refractivity contribution in [3.8, 4) is 5.88 Å². The molecule has 0 saturated carbocycles. The predicted octanol–water partition coefficient (Wildman–Crippen LogP) is 2.42. The zero-order valence-electron chi connectivity index (χ0n) is 10.6. The fraction of sp³-hybridized carbons (Fsp3) is 0.267. The maximum Gasteiger partial charge on any atom is 0.213 e. The van der Waals surface area contributed by atoms with Crippen molar-refractivity contribution in [3.63, 3.8) is 0 Å². The lowest BCUT2D eigenvalue weighted by Gasteiger charge is -2.07. The van der Waals surface area contributed by atoms with Gasteiger partial charge < -0.3 is 10.1 Å². The summed E-state index contributed by atoms with van der Waals surface area (Å²) in [5, 5.41) is 3.08. The van der Waals surface area contributed by atoms with E-state index in [0.717, 1.165) is 18.7 Å². The molecule has 0 radical (unpaired) electrons. The van der Waals surface area contributed by atoms with Crippen LogP contribution in [0.1, 0.15) is 11.3 Å². The number of hydrogen-bond donors (Lipinski definition) is 1. The lowest BCUT2D eigenvalue weighted by atomic mass is 10.2. The summed E-state index contributed by atoms with van der Waals surface area (Å²) < 4.78 is 5.66. The third-order valence-corrected chi connectivity index (χ3v) is 2.62. The van der Waals surface area contributed by atoms with Crippen LogP contribution in [0.25, 0.3) is 0 Å². The molecule has 0 unspecified atom stereocenters. The largest absolute Gasteiger partial charge is 0.477 e. The SMILES string of the molecule is CNCc1cccc(OCCc2ccccc2)n1. The predicted molar refractivity (Wildman–Crippen MR) is 72.6 cm³/mol. The summed E-state index contributed by atoms with van der Waals surface area (Å²) in [6.07, 6.45) is 0.902. The van der Waals surface area contributed by atoms with E-state index in [1.807, 2.05) is 43.4 Å². The number of pyridine rings is 1. The molecule has 0 spiro atoms. The molecular weight excluding hydrogens is 224 g/mol. The molecule has 18 heavy (non-hydrogen) atoms. The Bertz CT molecular complexity index is 471. The minimum absolute atomic E-state index is 0.653. The van der Waals surface area contributed by atoms with Crippen molar-refractivity contribution in [2.45, 2.75) is 13.0 Å². The van der Waals surface area contributed by atoms with Gasteiger partial charge in [-0.1, -0.05) is 36.4 Å². The van der Waals surface area contributed by atoms with Crippen molar-refractivity contribution >= 4 is 0 Å². The van der Waals surface area contributed by atoms with Crippen LogP contribution in [-0.2, 0) is 13.0 Å². The molecule has 3 nitrogen and oxygen atoms in total. The first kappa shape index (κ1) is 12.6. The van der Waals surface area contributed by atoms with Gasteiger partial charge in [-0.25, -0.2) is 4.98 Å². The fourth-order valence-corrected chi connectivity index (χ4v) is 1.74. The minimum atomic E-state index is 0.653. The molecule has 0 bridgehead atoms. The number of ether oxygens (including phenoxy) is 1. The summed E-state index contributed by atoms with van der Waals surface area (Å²) in [6, 6.07) is 16.2. The summed E-state index contributed by atoms with van der Waals surface area (Å²) >= 11 is 0. The van der Waals surface area contributed by atoms with E-state index in [1.54, 1.807) is 0 Å². The molecule has 0 aliphatic heterocycles. The van der Waals surface area contributed by atoms with Gasteiger partial charge in [0.2, 0.25) is 5.88 Å². The summed E-state index contributed by atoms with van der Waals surface area (Å²) in [4.78, 5) is 4.41. The van der Waals surface area contributed by atoms with E-state index in [0.29, 0.717) is 12.5 Å². The maximum absolute atomic E-state index is 5.66. The highest BCUT2D eigenvalue weighted by Gasteiger charge is 1.98. The molecule has 0 atom stereocenters. The Hall–Kier alpha value is -1.87. The van der Waals surface area contributed by atoms with Gasteiger partial charge in [0.05, 0.1) is 12.3 Å². The highest BCUT2D eigenvalue weighted by Crippen LogP contribution is 2.08. The molecule has 0 fully saturated rings. The summed E-state index contributed by atoms with van der Waals surface area (Å²) in [5.74, 6) is 0.693. The van der Waals surface area contributed by atoms with Crippen LogP contribution in [0.2, 0.25) is 0 Å². The van der Waals surface area contributed by atoms with E-state index in [2.05, 4.69) is 22.4 Å². The molecule has 1 heterocycles. The zero-order chi connectivity index (χ0) is 12.6. The molecule has 0 saturated heterocycles. The Morgan fingerprint density at radius 1 is 1.06 bits per heavy atom. The van der Waals surface area contributed by atoms with E-state index < -0.39 is 0 Å². The van der Waals surface area contributed by atoms with Crippen LogP contribution in [-0.4, -0.2) is 18.6 Å². The molecule has 94 valence electrons. The Morgan fingerprint density at radius 2 is 1.89 bits per heavy atom. The minimum Gasteiger partial charge on any atom is -0.477 e. The monoisotopic (exact) mass is 242 g/mol. The van der Waals surface area contributed by atoms with Crippen LogP contribution >= 0.6 is 0 Å². The first-order valence-corrected chi connectivity index (χ1v) is 6.16. The number of aromatic nitrogens is 1. The summed E-state index contributed by atoms with van der Waals surface area (Å²) in [5.41, 5.74) is 2.28. The molecule has 2 rings (SSSR count). The van der Waals surface area contributed by atoms with Gasteiger partial charge in [-0.15, -0.1) is 0 Å². The van der Waals surface area contributed by atoms with E-state index in [9.17, 15) is 0 Å². The third kappa shape index (κ3) is 3.86. The second kappa shape index (κ2) is 6.77. The topological polar surface area (TPSA) is 34.1 Å². The average Bonchev–Trinajstić information content (AvgIpc) is 2.41. The van der Waals surface area contributed by atoms with Gasteiger partial charge in [0.1, 0.15) is 0 Å². The second-order valence-corrected chi connectivity index (χ2v) is 4.08. The fourth-order valence-electron chi connectivity index (χ4n) is 1.74. The highest BCUT2D eigenvalue weighted by atomic mass is 16.5.